The van der Waals surface area contributed by atoms with E-state index in [2.05, 4.69) is 39.4 Å². The summed E-state index contributed by atoms with van der Waals surface area (Å²) >= 11 is 1.51. The molecule has 0 fully saturated rings. The molecule has 0 aliphatic rings. The summed E-state index contributed by atoms with van der Waals surface area (Å²) in [6, 6.07) is 13.9. The fourth-order valence-corrected chi connectivity index (χ4v) is 3.64. The molecule has 0 radical (unpaired) electrons. The van der Waals surface area contributed by atoms with Crippen LogP contribution in [0.1, 0.15) is 0 Å². The second-order valence-electron chi connectivity index (χ2n) is 6.14. The van der Waals surface area contributed by atoms with E-state index in [1.807, 2.05) is 32.3 Å². The van der Waals surface area contributed by atoms with E-state index in [-0.39, 0.29) is 0 Å². The highest BCUT2D eigenvalue weighted by molar-refractivity contribution is 7.19. The quantitative estimate of drug-likeness (QED) is 0.526. The lowest BCUT2D eigenvalue weighted by Crippen LogP contribution is -2.07. The summed E-state index contributed by atoms with van der Waals surface area (Å²) in [5.41, 5.74) is 3.06. The van der Waals surface area contributed by atoms with E-state index in [1.165, 1.54) is 11.3 Å². The van der Waals surface area contributed by atoms with Crippen molar-refractivity contribution in [2.75, 3.05) is 33.2 Å². The summed E-state index contributed by atoms with van der Waals surface area (Å²) < 4.78 is 12.5. The summed E-state index contributed by atoms with van der Waals surface area (Å²) in [5.74, 6) is 1.97. The third-order valence-corrected chi connectivity index (χ3v) is 5.21. The van der Waals surface area contributed by atoms with Crippen LogP contribution in [0.4, 0.5) is 5.69 Å². The number of hydrogen-bond acceptors (Lipinski definition) is 7. The predicted octanol–water partition coefficient (Wildman–Crippen LogP) is 3.60. The first kappa shape index (κ1) is 17.3. The third kappa shape index (κ3) is 3.08. The second kappa shape index (κ2) is 6.88. The Bertz CT molecular complexity index is 1090. The van der Waals surface area contributed by atoms with Gasteiger partial charge in [-0.05, 0) is 42.5 Å². The molecule has 0 aliphatic heterocycles. The molecule has 0 aliphatic carbocycles. The van der Waals surface area contributed by atoms with Gasteiger partial charge in [-0.2, -0.15) is 9.61 Å². The molecule has 7 nitrogen and oxygen atoms in total. The Morgan fingerprint density at radius 2 is 1.59 bits per heavy atom. The molecular weight excluding hydrogens is 362 g/mol. The van der Waals surface area contributed by atoms with Crippen molar-refractivity contribution in [1.29, 1.82) is 0 Å². The molecule has 4 rings (SSSR count). The van der Waals surface area contributed by atoms with E-state index in [1.54, 1.807) is 18.7 Å². The smallest absolute Gasteiger partial charge is 0.235 e. The standard InChI is InChI=1S/C19H19N5O2S/c1-23(2)14-8-5-12(6-9-14)18-22-24-17(20-21-19(24)27-18)13-7-10-15(25-3)16(11-13)26-4/h5-11H,1-4H3. The van der Waals surface area contributed by atoms with Crippen LogP contribution in [0.15, 0.2) is 42.5 Å². The van der Waals surface area contributed by atoms with Gasteiger partial charge in [-0.1, -0.05) is 11.3 Å². The van der Waals surface area contributed by atoms with E-state index in [0.717, 1.165) is 26.8 Å². The van der Waals surface area contributed by atoms with Crippen LogP contribution in [-0.4, -0.2) is 48.1 Å². The van der Waals surface area contributed by atoms with Crippen molar-refractivity contribution in [3.05, 3.63) is 42.5 Å². The SMILES string of the molecule is COc1ccc(-c2nnc3sc(-c4ccc(N(C)C)cc4)nn23)cc1OC. The molecule has 27 heavy (non-hydrogen) atoms. The minimum absolute atomic E-state index is 0.640. The number of anilines is 1. The van der Waals surface area contributed by atoms with Crippen LogP contribution >= 0.6 is 11.3 Å². The van der Waals surface area contributed by atoms with Gasteiger partial charge in [0.25, 0.3) is 0 Å². The van der Waals surface area contributed by atoms with Crippen LogP contribution in [0, 0.1) is 0 Å². The number of nitrogens with zero attached hydrogens (tertiary/aromatic N) is 5. The van der Waals surface area contributed by atoms with Gasteiger partial charge in [0.05, 0.1) is 14.2 Å². The molecule has 2 aromatic heterocycles. The first-order chi connectivity index (χ1) is 13.1. The van der Waals surface area contributed by atoms with E-state index in [0.29, 0.717) is 17.3 Å². The fourth-order valence-electron chi connectivity index (χ4n) is 2.79. The zero-order chi connectivity index (χ0) is 19.0. The average Bonchev–Trinajstić information content (AvgIpc) is 3.28. The highest BCUT2D eigenvalue weighted by Gasteiger charge is 2.16. The van der Waals surface area contributed by atoms with E-state index < -0.39 is 0 Å². The van der Waals surface area contributed by atoms with E-state index in [4.69, 9.17) is 14.6 Å². The topological polar surface area (TPSA) is 64.8 Å². The molecule has 2 heterocycles. The van der Waals surface area contributed by atoms with Crippen molar-refractivity contribution in [3.63, 3.8) is 0 Å². The van der Waals surface area contributed by atoms with Gasteiger partial charge < -0.3 is 14.4 Å². The molecule has 2 aromatic carbocycles. The molecule has 0 atom stereocenters. The number of benzene rings is 2. The van der Waals surface area contributed by atoms with Gasteiger partial charge in [0.1, 0.15) is 5.01 Å². The van der Waals surface area contributed by atoms with Gasteiger partial charge in [-0.3, -0.25) is 0 Å². The van der Waals surface area contributed by atoms with E-state index in [9.17, 15) is 0 Å². The van der Waals surface area contributed by atoms with Crippen LogP contribution in [-0.2, 0) is 0 Å². The summed E-state index contributed by atoms with van der Waals surface area (Å²) in [4.78, 5) is 2.81. The minimum atomic E-state index is 0.640. The maximum Gasteiger partial charge on any atom is 0.235 e. The number of fused-ring (bicyclic) bond motifs is 1. The first-order valence-electron chi connectivity index (χ1n) is 8.33. The first-order valence-corrected chi connectivity index (χ1v) is 9.14. The number of aromatic nitrogens is 4. The lowest BCUT2D eigenvalue weighted by atomic mass is 10.2. The summed E-state index contributed by atoms with van der Waals surface area (Å²) in [6.45, 7) is 0. The Morgan fingerprint density at radius 3 is 2.26 bits per heavy atom. The van der Waals surface area contributed by atoms with Crippen LogP contribution in [0.25, 0.3) is 26.9 Å². The molecule has 0 saturated heterocycles. The van der Waals surface area contributed by atoms with Gasteiger partial charge in [0.15, 0.2) is 17.3 Å². The zero-order valence-corrected chi connectivity index (χ0v) is 16.3. The van der Waals surface area contributed by atoms with Crippen LogP contribution in [0.2, 0.25) is 0 Å². The van der Waals surface area contributed by atoms with Gasteiger partial charge in [-0.15, -0.1) is 10.2 Å². The van der Waals surface area contributed by atoms with Crippen molar-refractivity contribution in [1.82, 2.24) is 19.8 Å². The third-order valence-electron chi connectivity index (χ3n) is 4.26. The van der Waals surface area contributed by atoms with Crippen molar-refractivity contribution in [2.24, 2.45) is 0 Å². The summed E-state index contributed by atoms with van der Waals surface area (Å²) in [7, 11) is 7.27. The Hall–Kier alpha value is -3.13. The van der Waals surface area contributed by atoms with Crippen molar-refractivity contribution >= 4 is 22.0 Å². The molecule has 138 valence electrons. The van der Waals surface area contributed by atoms with Crippen molar-refractivity contribution < 1.29 is 9.47 Å². The maximum absolute atomic E-state index is 5.39. The predicted molar refractivity (Wildman–Crippen MR) is 107 cm³/mol. The number of methoxy groups -OCH3 is 2. The van der Waals surface area contributed by atoms with E-state index >= 15 is 0 Å². The van der Waals surface area contributed by atoms with Crippen LogP contribution in [0.5, 0.6) is 11.5 Å². The lowest BCUT2D eigenvalue weighted by molar-refractivity contribution is 0.355. The molecule has 0 spiro atoms. The Labute approximate surface area is 160 Å². The largest absolute Gasteiger partial charge is 0.493 e. The Balaban J connectivity index is 1.74. The molecule has 0 saturated carbocycles. The molecule has 0 bridgehead atoms. The summed E-state index contributed by atoms with van der Waals surface area (Å²) in [6.07, 6.45) is 0. The van der Waals surface area contributed by atoms with Gasteiger partial charge in [-0.25, -0.2) is 0 Å². The lowest BCUT2D eigenvalue weighted by Gasteiger charge is -2.11. The maximum atomic E-state index is 5.39. The fraction of sp³-hybridized carbons (Fsp3) is 0.211. The van der Waals surface area contributed by atoms with Gasteiger partial charge in [0.2, 0.25) is 4.96 Å². The highest BCUT2D eigenvalue weighted by Crippen LogP contribution is 2.33. The molecule has 4 aromatic rings. The molecule has 8 heteroatoms. The Morgan fingerprint density at radius 1 is 0.889 bits per heavy atom. The zero-order valence-electron chi connectivity index (χ0n) is 15.5. The second-order valence-corrected chi connectivity index (χ2v) is 7.09. The number of ether oxygens (including phenoxy) is 2. The van der Waals surface area contributed by atoms with Crippen LogP contribution in [0.3, 0.4) is 0 Å². The monoisotopic (exact) mass is 381 g/mol. The minimum Gasteiger partial charge on any atom is -0.493 e. The summed E-state index contributed by atoms with van der Waals surface area (Å²) in [5, 5.41) is 14.2. The van der Waals surface area contributed by atoms with Crippen LogP contribution < -0.4 is 14.4 Å². The van der Waals surface area contributed by atoms with Gasteiger partial charge in [0, 0.05) is 30.9 Å². The number of rotatable bonds is 5. The van der Waals surface area contributed by atoms with Crippen molar-refractivity contribution in [3.8, 4) is 33.5 Å². The highest BCUT2D eigenvalue weighted by atomic mass is 32.1. The molecular formula is C19H19N5O2S. The molecule has 0 N–H and O–H groups in total. The average molecular weight is 381 g/mol. The molecule has 0 amide bonds. The normalized spacial score (nSPS) is 11.0. The van der Waals surface area contributed by atoms with Gasteiger partial charge >= 0.3 is 0 Å². The van der Waals surface area contributed by atoms with Crippen molar-refractivity contribution in [2.45, 2.75) is 0 Å². The molecule has 0 unspecified atom stereocenters. The Kier molecular flexibility index (Phi) is 4.41. The number of hydrogen-bond donors (Lipinski definition) is 0.